The molecule has 0 unspecified atom stereocenters. The Labute approximate surface area is 133 Å². The first-order chi connectivity index (χ1) is 10.5. The number of hydrogen-bond acceptors (Lipinski definition) is 7. The van der Waals surface area contributed by atoms with Gasteiger partial charge in [0.05, 0.1) is 22.2 Å². The summed E-state index contributed by atoms with van der Waals surface area (Å²) in [6.45, 7) is 2.43. The van der Waals surface area contributed by atoms with Gasteiger partial charge >= 0.3 is 5.69 Å². The van der Waals surface area contributed by atoms with E-state index in [1.165, 1.54) is 6.20 Å². The molecule has 0 radical (unpaired) electrons. The SMILES string of the molecule is N#CCCN1CCC(Nc2c(Cl)cnc(N)c2[N+](=O)[O-])CC1. The van der Waals surface area contributed by atoms with Gasteiger partial charge in [-0.15, -0.1) is 0 Å². The van der Waals surface area contributed by atoms with Crippen molar-refractivity contribution in [3.63, 3.8) is 0 Å². The highest BCUT2D eigenvalue weighted by Crippen LogP contribution is 2.36. The lowest BCUT2D eigenvalue weighted by atomic mass is 10.0. The number of nitrogens with zero attached hydrogens (tertiary/aromatic N) is 4. The fourth-order valence-corrected chi connectivity index (χ4v) is 2.72. The van der Waals surface area contributed by atoms with Gasteiger partial charge in [-0.3, -0.25) is 10.1 Å². The summed E-state index contributed by atoms with van der Waals surface area (Å²) >= 11 is 6.03. The summed E-state index contributed by atoms with van der Waals surface area (Å²) in [6, 6.07) is 2.21. The van der Waals surface area contributed by atoms with Crippen molar-refractivity contribution in [1.82, 2.24) is 9.88 Å². The molecule has 9 heteroatoms. The molecule has 22 heavy (non-hydrogen) atoms. The zero-order valence-corrected chi connectivity index (χ0v) is 12.7. The summed E-state index contributed by atoms with van der Waals surface area (Å²) < 4.78 is 0. The Bertz CT molecular complexity index is 595. The summed E-state index contributed by atoms with van der Waals surface area (Å²) in [7, 11) is 0. The maximum Gasteiger partial charge on any atom is 0.335 e. The van der Waals surface area contributed by atoms with E-state index in [4.69, 9.17) is 22.6 Å². The average molecular weight is 325 g/mol. The molecule has 0 atom stereocenters. The predicted molar refractivity (Wildman–Crippen MR) is 83.6 cm³/mol. The third-order valence-corrected chi connectivity index (χ3v) is 3.98. The maximum absolute atomic E-state index is 11.2. The van der Waals surface area contributed by atoms with Gasteiger partial charge in [0.15, 0.2) is 0 Å². The smallest absolute Gasteiger partial charge is 0.335 e. The summed E-state index contributed by atoms with van der Waals surface area (Å²) in [5.74, 6) is -0.150. The van der Waals surface area contributed by atoms with E-state index in [2.05, 4.69) is 21.3 Å². The molecule has 2 rings (SSSR count). The fraction of sp³-hybridized carbons (Fsp3) is 0.538. The third-order valence-electron chi connectivity index (χ3n) is 3.69. The number of nitriles is 1. The topological polar surface area (TPSA) is 121 Å². The van der Waals surface area contributed by atoms with Gasteiger partial charge in [0, 0.05) is 32.1 Å². The van der Waals surface area contributed by atoms with E-state index in [1.807, 2.05) is 0 Å². The lowest BCUT2D eigenvalue weighted by Crippen LogP contribution is -2.39. The summed E-state index contributed by atoms with van der Waals surface area (Å²) in [5.41, 5.74) is 5.54. The second-order valence-electron chi connectivity index (χ2n) is 5.14. The zero-order chi connectivity index (χ0) is 16.1. The van der Waals surface area contributed by atoms with Crippen LogP contribution in [0.15, 0.2) is 6.20 Å². The van der Waals surface area contributed by atoms with Crippen LogP contribution in [0.25, 0.3) is 0 Å². The van der Waals surface area contributed by atoms with E-state index >= 15 is 0 Å². The lowest BCUT2D eigenvalue weighted by molar-refractivity contribution is -0.383. The van der Waals surface area contributed by atoms with E-state index in [9.17, 15) is 10.1 Å². The first-order valence-electron chi connectivity index (χ1n) is 6.97. The predicted octanol–water partition coefficient (Wildman–Crippen LogP) is 2.02. The third kappa shape index (κ3) is 3.75. The minimum atomic E-state index is -0.571. The Hall–Kier alpha value is -2.11. The number of likely N-dealkylation sites (tertiary alicyclic amines) is 1. The van der Waals surface area contributed by atoms with Gasteiger partial charge in [-0.1, -0.05) is 11.6 Å². The number of anilines is 2. The van der Waals surface area contributed by atoms with E-state index in [1.54, 1.807) is 0 Å². The van der Waals surface area contributed by atoms with Crippen molar-refractivity contribution in [1.29, 1.82) is 5.26 Å². The number of nitrogen functional groups attached to an aromatic ring is 1. The van der Waals surface area contributed by atoms with Crippen molar-refractivity contribution >= 4 is 28.8 Å². The number of nitrogens with one attached hydrogen (secondary N) is 1. The Kier molecular flexibility index (Phi) is 5.35. The van der Waals surface area contributed by atoms with Crippen LogP contribution < -0.4 is 11.1 Å². The first kappa shape index (κ1) is 16.3. The average Bonchev–Trinajstić information content (AvgIpc) is 2.50. The normalized spacial score (nSPS) is 16.2. The summed E-state index contributed by atoms with van der Waals surface area (Å²) in [6.07, 6.45) is 3.47. The molecular weight excluding hydrogens is 308 g/mol. The van der Waals surface area contributed by atoms with Crippen LogP contribution in [0.3, 0.4) is 0 Å². The molecule has 0 aliphatic carbocycles. The van der Waals surface area contributed by atoms with E-state index in [0.717, 1.165) is 32.5 Å². The van der Waals surface area contributed by atoms with Crippen LogP contribution in [0.5, 0.6) is 0 Å². The van der Waals surface area contributed by atoms with Crippen LogP contribution in [-0.4, -0.2) is 40.5 Å². The quantitative estimate of drug-likeness (QED) is 0.627. The molecule has 1 saturated heterocycles. The van der Waals surface area contributed by atoms with Crippen LogP contribution in [-0.2, 0) is 0 Å². The van der Waals surface area contributed by atoms with Crippen LogP contribution in [0.4, 0.5) is 17.2 Å². The first-order valence-corrected chi connectivity index (χ1v) is 7.35. The molecule has 0 bridgehead atoms. The molecule has 0 saturated carbocycles. The summed E-state index contributed by atoms with van der Waals surface area (Å²) in [5, 5.41) is 23.1. The van der Waals surface area contributed by atoms with E-state index < -0.39 is 4.92 Å². The van der Waals surface area contributed by atoms with Crippen LogP contribution in [0, 0.1) is 21.4 Å². The molecule has 1 aromatic rings. The highest BCUT2D eigenvalue weighted by molar-refractivity contribution is 6.33. The monoisotopic (exact) mass is 324 g/mol. The van der Waals surface area contributed by atoms with Gasteiger partial charge in [0.25, 0.3) is 0 Å². The molecule has 0 amide bonds. The molecule has 0 spiro atoms. The highest BCUT2D eigenvalue weighted by atomic mass is 35.5. The number of nitrogens with two attached hydrogens (primary N) is 1. The lowest BCUT2D eigenvalue weighted by Gasteiger charge is -2.32. The molecule has 1 aliphatic heterocycles. The molecule has 1 aromatic heterocycles. The molecule has 8 nitrogen and oxygen atoms in total. The van der Waals surface area contributed by atoms with Crippen molar-refractivity contribution in [2.45, 2.75) is 25.3 Å². The Morgan fingerprint density at radius 2 is 2.27 bits per heavy atom. The minimum Gasteiger partial charge on any atom is -0.378 e. The number of pyridine rings is 1. The molecule has 118 valence electrons. The number of rotatable bonds is 5. The molecule has 1 aliphatic rings. The van der Waals surface area contributed by atoms with E-state index in [0.29, 0.717) is 6.42 Å². The van der Waals surface area contributed by atoms with Crippen LogP contribution >= 0.6 is 11.6 Å². The molecule has 2 heterocycles. The van der Waals surface area contributed by atoms with Crippen molar-refractivity contribution in [2.24, 2.45) is 0 Å². The van der Waals surface area contributed by atoms with Gasteiger partial charge in [-0.05, 0) is 12.8 Å². The van der Waals surface area contributed by atoms with Gasteiger partial charge < -0.3 is 16.0 Å². The van der Waals surface area contributed by atoms with Gasteiger partial charge in [0.2, 0.25) is 5.82 Å². The maximum atomic E-state index is 11.2. The van der Waals surface area contributed by atoms with Gasteiger partial charge in [0.1, 0.15) is 5.69 Å². The van der Waals surface area contributed by atoms with Crippen molar-refractivity contribution in [3.05, 3.63) is 21.3 Å². The molecule has 1 fully saturated rings. The molecule has 0 aromatic carbocycles. The number of hydrogen-bond donors (Lipinski definition) is 2. The zero-order valence-electron chi connectivity index (χ0n) is 12.0. The standard InChI is InChI=1S/C13H17ClN6O2/c14-10-8-17-13(16)12(20(21)22)11(10)18-9-2-6-19(7-3-9)5-1-4-15/h8-9H,1-3,5-7H2,(H3,16,17,18). The van der Waals surface area contributed by atoms with Gasteiger partial charge in [-0.2, -0.15) is 5.26 Å². The van der Waals surface area contributed by atoms with Gasteiger partial charge in [-0.25, -0.2) is 4.98 Å². The molecular formula is C13H17ClN6O2. The van der Waals surface area contributed by atoms with Crippen LogP contribution in [0.1, 0.15) is 19.3 Å². The fourth-order valence-electron chi connectivity index (χ4n) is 2.53. The van der Waals surface area contributed by atoms with Crippen molar-refractivity contribution in [2.75, 3.05) is 30.7 Å². The number of piperidine rings is 1. The minimum absolute atomic E-state index is 0.0799. The largest absolute Gasteiger partial charge is 0.378 e. The number of halogens is 1. The Balaban J connectivity index is 2.05. The van der Waals surface area contributed by atoms with Crippen molar-refractivity contribution in [3.8, 4) is 6.07 Å². The second kappa shape index (κ2) is 7.24. The number of nitro groups is 1. The van der Waals surface area contributed by atoms with Crippen molar-refractivity contribution < 1.29 is 4.92 Å². The van der Waals surface area contributed by atoms with E-state index in [-0.39, 0.29) is 28.3 Å². The highest BCUT2D eigenvalue weighted by Gasteiger charge is 2.26. The Morgan fingerprint density at radius 1 is 1.59 bits per heavy atom. The summed E-state index contributed by atoms with van der Waals surface area (Å²) in [4.78, 5) is 16.5. The number of aromatic nitrogens is 1. The second-order valence-corrected chi connectivity index (χ2v) is 5.55. The Morgan fingerprint density at radius 3 is 2.86 bits per heavy atom. The van der Waals surface area contributed by atoms with Crippen LogP contribution in [0.2, 0.25) is 5.02 Å². The molecule has 3 N–H and O–H groups in total.